The van der Waals surface area contributed by atoms with Crippen LogP contribution in [0.3, 0.4) is 0 Å². The second-order valence-electron chi connectivity index (χ2n) is 5.02. The van der Waals surface area contributed by atoms with Gasteiger partial charge in [0.15, 0.2) is 5.42 Å². The van der Waals surface area contributed by atoms with Gasteiger partial charge >= 0.3 is 0 Å². The molecule has 0 aliphatic carbocycles. The number of rotatable bonds is 3. The predicted molar refractivity (Wildman–Crippen MR) is 112 cm³/mol. The first-order valence-corrected chi connectivity index (χ1v) is 8.98. The molecule has 2 nitrogen and oxygen atoms in total. The third kappa shape index (κ3) is 5.18. The highest BCUT2D eigenvalue weighted by molar-refractivity contribution is 5.79. The summed E-state index contributed by atoms with van der Waals surface area (Å²) < 4.78 is 5.84. The summed E-state index contributed by atoms with van der Waals surface area (Å²) >= 11 is 0. The van der Waals surface area contributed by atoms with Gasteiger partial charge in [-0.25, -0.2) is 0 Å². The minimum Gasteiger partial charge on any atom is -0.454 e. The van der Waals surface area contributed by atoms with E-state index in [-0.39, 0.29) is 0 Å². The maximum atomic E-state index is 5.84. The van der Waals surface area contributed by atoms with Crippen LogP contribution < -0.4 is 10.6 Å². The monoisotopic (exact) mass is 335 g/mol. The molecule has 2 aromatic carbocycles. The van der Waals surface area contributed by atoms with Crippen molar-refractivity contribution in [3.63, 3.8) is 0 Å². The molecule has 0 bridgehead atoms. The van der Waals surface area contributed by atoms with Crippen LogP contribution in [0.25, 0.3) is 23.2 Å². The van der Waals surface area contributed by atoms with Gasteiger partial charge in [0.1, 0.15) is 5.58 Å². The molecule has 1 aromatic heterocycles. The Labute approximate surface area is 151 Å². The average Bonchev–Trinajstić information content (AvgIpc) is 3.02. The van der Waals surface area contributed by atoms with Crippen LogP contribution in [0.4, 0.5) is 0 Å². The fourth-order valence-corrected chi connectivity index (χ4v) is 2.52. The van der Waals surface area contributed by atoms with Crippen LogP contribution in [0.1, 0.15) is 38.8 Å². The van der Waals surface area contributed by atoms with Crippen LogP contribution in [0.15, 0.2) is 57.9 Å². The first-order chi connectivity index (χ1) is 12.3. The van der Waals surface area contributed by atoms with E-state index in [9.17, 15) is 0 Å². The van der Waals surface area contributed by atoms with Gasteiger partial charge in [0.2, 0.25) is 0 Å². The first-order valence-electron chi connectivity index (χ1n) is 8.98. The molecule has 0 radical (unpaired) electrons. The third-order valence-corrected chi connectivity index (χ3v) is 3.66. The molecular weight excluding hydrogens is 306 g/mol. The predicted octanol–water partition coefficient (Wildman–Crippen LogP) is 5.26. The van der Waals surface area contributed by atoms with E-state index in [4.69, 9.17) is 4.42 Å². The molecule has 2 heteroatoms. The minimum absolute atomic E-state index is 0.764. The second kappa shape index (κ2) is 11.0. The summed E-state index contributed by atoms with van der Waals surface area (Å²) in [5.74, 6) is 0. The average molecular weight is 335 g/mol. The number of aryl methyl sites for hydroxylation is 1. The lowest BCUT2D eigenvalue weighted by Crippen LogP contribution is -2.20. The Balaban J connectivity index is 0.000000730. The molecule has 0 spiro atoms. The number of fused-ring (bicyclic) bond motifs is 1. The molecule has 0 unspecified atom stereocenters. The van der Waals surface area contributed by atoms with Gasteiger partial charge in [-0.1, -0.05) is 76.2 Å². The molecule has 0 amide bonds. The number of hydrogen-bond donors (Lipinski definition) is 0. The smallest absolute Gasteiger partial charge is 0.153 e. The number of para-hydroxylation sites is 1. The van der Waals surface area contributed by atoms with Gasteiger partial charge in [0.05, 0.1) is 6.20 Å². The summed E-state index contributed by atoms with van der Waals surface area (Å²) in [6.07, 6.45) is 4.74. The Morgan fingerprint density at radius 2 is 1.60 bits per heavy atom. The van der Waals surface area contributed by atoms with Crippen LogP contribution in [0, 0.1) is 6.92 Å². The molecule has 132 valence electrons. The van der Waals surface area contributed by atoms with Crippen molar-refractivity contribution in [2.75, 3.05) is 0 Å². The topological polar surface area (TPSA) is 25.5 Å². The largest absolute Gasteiger partial charge is 0.454 e. The number of aliphatic imine (C=N–C) groups is 1. The molecule has 3 aromatic rings. The van der Waals surface area contributed by atoms with Gasteiger partial charge in [0, 0.05) is 10.6 Å². The van der Waals surface area contributed by atoms with E-state index in [2.05, 4.69) is 55.0 Å². The summed E-state index contributed by atoms with van der Waals surface area (Å²) in [5.41, 5.74) is 4.26. The Hall–Kier alpha value is -2.61. The lowest BCUT2D eigenvalue weighted by atomic mass is 10.0. The van der Waals surface area contributed by atoms with E-state index >= 15 is 0 Å². The van der Waals surface area contributed by atoms with Crippen molar-refractivity contribution in [3.05, 3.63) is 70.3 Å². The lowest BCUT2D eigenvalue weighted by molar-refractivity contribution is 0.574. The van der Waals surface area contributed by atoms with E-state index in [1.807, 2.05) is 45.9 Å². The Morgan fingerprint density at radius 1 is 0.960 bits per heavy atom. The van der Waals surface area contributed by atoms with E-state index in [1.54, 1.807) is 6.20 Å². The maximum absolute atomic E-state index is 5.84. The van der Waals surface area contributed by atoms with Gasteiger partial charge in [-0.3, -0.25) is 4.99 Å². The van der Waals surface area contributed by atoms with E-state index in [0.717, 1.165) is 28.0 Å². The van der Waals surface area contributed by atoms with Crippen LogP contribution in [-0.2, 0) is 6.42 Å². The van der Waals surface area contributed by atoms with E-state index in [1.165, 1.54) is 11.1 Å². The highest BCUT2D eigenvalue weighted by atomic mass is 16.3. The van der Waals surface area contributed by atoms with E-state index in [0.29, 0.717) is 0 Å². The van der Waals surface area contributed by atoms with Gasteiger partial charge < -0.3 is 4.42 Å². The number of furan rings is 1. The minimum atomic E-state index is 0.764. The molecule has 25 heavy (non-hydrogen) atoms. The third-order valence-electron chi connectivity index (χ3n) is 3.66. The fourth-order valence-electron chi connectivity index (χ4n) is 2.52. The second-order valence-corrected chi connectivity index (χ2v) is 5.02. The van der Waals surface area contributed by atoms with Crippen molar-refractivity contribution >= 4 is 30.0 Å². The normalized spacial score (nSPS) is 11.4. The summed E-state index contributed by atoms with van der Waals surface area (Å²) in [5, 5.41) is 2.20. The quantitative estimate of drug-likeness (QED) is 0.600. The molecule has 0 atom stereocenters. The number of benzene rings is 2. The Morgan fingerprint density at radius 3 is 2.28 bits per heavy atom. The van der Waals surface area contributed by atoms with E-state index < -0.39 is 0 Å². The van der Waals surface area contributed by atoms with Crippen molar-refractivity contribution < 1.29 is 4.42 Å². The molecule has 0 saturated carbocycles. The van der Waals surface area contributed by atoms with Gasteiger partial charge in [-0.15, -0.1) is 0 Å². The zero-order chi connectivity index (χ0) is 18.7. The molecule has 0 aliphatic rings. The number of nitrogens with zero attached hydrogens (tertiary/aromatic N) is 1. The highest BCUT2D eigenvalue weighted by Crippen LogP contribution is 2.10. The Bertz CT molecular complexity index is 903. The number of hydrogen-bond acceptors (Lipinski definition) is 2. The van der Waals surface area contributed by atoms with Gasteiger partial charge in [-0.05, 0) is 37.3 Å². The van der Waals surface area contributed by atoms with Crippen molar-refractivity contribution in [1.29, 1.82) is 0 Å². The van der Waals surface area contributed by atoms with Crippen molar-refractivity contribution in [2.24, 2.45) is 4.99 Å². The summed E-state index contributed by atoms with van der Waals surface area (Å²) in [7, 11) is 0. The fraction of sp³-hybridized carbons (Fsp3) is 0.261. The van der Waals surface area contributed by atoms with Crippen molar-refractivity contribution in [3.8, 4) is 0 Å². The maximum Gasteiger partial charge on any atom is 0.153 e. The molecule has 0 aliphatic heterocycles. The highest BCUT2D eigenvalue weighted by Gasteiger charge is 2.02. The Kier molecular flexibility index (Phi) is 9.02. The zero-order valence-electron chi connectivity index (χ0n) is 16.0. The van der Waals surface area contributed by atoms with Crippen LogP contribution >= 0.6 is 0 Å². The standard InChI is InChI=1S/C19H17NO.2C2H6/c1-14-7-3-4-8-15(14)11-12-17-16-9-5-6-10-18(16)21-19(17)13-20-2;2*1-2/h3-10,12-13H,2,11H2,1H3;2*1-2H3/b17-12-,19-13+;;. The molecule has 1 heterocycles. The lowest BCUT2D eigenvalue weighted by Gasteiger charge is -2.00. The van der Waals surface area contributed by atoms with Crippen LogP contribution in [0.2, 0.25) is 0 Å². The van der Waals surface area contributed by atoms with Crippen LogP contribution in [-0.4, -0.2) is 6.72 Å². The van der Waals surface area contributed by atoms with Gasteiger partial charge in [0.25, 0.3) is 0 Å². The summed E-state index contributed by atoms with van der Waals surface area (Å²) in [6.45, 7) is 13.7. The summed E-state index contributed by atoms with van der Waals surface area (Å²) in [4.78, 5) is 3.85. The molecule has 3 rings (SSSR count). The zero-order valence-corrected chi connectivity index (χ0v) is 16.0. The first kappa shape index (κ1) is 20.4. The van der Waals surface area contributed by atoms with Crippen molar-refractivity contribution in [2.45, 2.75) is 41.0 Å². The summed E-state index contributed by atoms with van der Waals surface area (Å²) in [6, 6.07) is 16.5. The van der Waals surface area contributed by atoms with Gasteiger partial charge in [-0.2, -0.15) is 0 Å². The van der Waals surface area contributed by atoms with Crippen molar-refractivity contribution in [1.82, 2.24) is 0 Å². The SMILES string of the molecule is C=N/C=c1/oc2ccccc2/c1=C/Cc1ccccc1C.CC.CC. The molecule has 0 N–H and O–H groups in total. The molecule has 0 fully saturated rings. The molecular formula is C23H29NO. The van der Waals surface area contributed by atoms with Crippen LogP contribution in [0.5, 0.6) is 0 Å². The molecule has 0 saturated heterocycles.